The first-order valence-electron chi connectivity index (χ1n) is 11.4. The zero-order chi connectivity index (χ0) is 26.1. The molecule has 0 radical (unpaired) electrons. The second-order valence-corrected chi connectivity index (χ2v) is 9.40. The van der Waals surface area contributed by atoms with Gasteiger partial charge in [0.2, 0.25) is 0 Å². The highest BCUT2D eigenvalue weighted by Gasteiger charge is 2.58. The number of hydrogen-bond donors (Lipinski definition) is 2. The number of rotatable bonds is 5. The Morgan fingerprint density at radius 2 is 1.81 bits per heavy atom. The Balaban J connectivity index is 1.41. The van der Waals surface area contributed by atoms with Gasteiger partial charge in [0.15, 0.2) is 5.82 Å². The molecule has 0 amide bonds. The van der Waals surface area contributed by atoms with E-state index in [2.05, 4.69) is 19.7 Å². The lowest BCUT2D eigenvalue weighted by atomic mass is 9.76. The van der Waals surface area contributed by atoms with Crippen molar-refractivity contribution in [2.45, 2.75) is 49.4 Å². The van der Waals surface area contributed by atoms with Crippen LogP contribution in [0.1, 0.15) is 54.1 Å². The Morgan fingerprint density at radius 1 is 1.11 bits per heavy atom. The Hall–Kier alpha value is -3.64. The van der Waals surface area contributed by atoms with E-state index in [4.69, 9.17) is 0 Å². The summed E-state index contributed by atoms with van der Waals surface area (Å²) in [7, 11) is 0. The minimum atomic E-state index is -3.04. The van der Waals surface area contributed by atoms with E-state index in [-0.39, 0.29) is 34.8 Å². The van der Waals surface area contributed by atoms with E-state index >= 15 is 4.39 Å². The van der Waals surface area contributed by atoms with E-state index in [1.54, 1.807) is 22.6 Å². The fourth-order valence-corrected chi connectivity index (χ4v) is 5.27. The number of alkyl halides is 4. The molecule has 1 aromatic carbocycles. The largest absolute Gasteiger partial charge is 0.435 e. The van der Waals surface area contributed by atoms with Crippen LogP contribution >= 0.6 is 0 Å². The predicted molar refractivity (Wildman–Crippen MR) is 119 cm³/mol. The third-order valence-corrected chi connectivity index (χ3v) is 6.87. The molecule has 4 aromatic rings. The van der Waals surface area contributed by atoms with Gasteiger partial charge in [0.1, 0.15) is 22.8 Å². The maximum absolute atomic E-state index is 15.1. The molecule has 192 valence electrons. The molecule has 2 atom stereocenters. The molecule has 0 spiro atoms. The lowest BCUT2D eigenvalue weighted by molar-refractivity contribution is -0.214. The molecule has 1 fully saturated rings. The van der Waals surface area contributed by atoms with Crippen molar-refractivity contribution in [3.05, 3.63) is 77.5 Å². The zero-order valence-electron chi connectivity index (χ0n) is 19.0. The molecule has 0 unspecified atom stereocenters. The standard InChI is InChI=1S/C25H19F5N4O3/c26-16-6-19-33-20-17(35)5-14(13-3-1-2-4-18(13)37-23(27)28)21(20)34(19)9-15(16)12-7-31-22(32-8-12)24(36)10-25(29,30)11-24/h1-4,6-9,14,17,23,35-36H,5,10-11H2/t14-,17-/m1/s1. The number of fused-ring (bicyclic) bond motifs is 3. The molecule has 2 N–H and O–H groups in total. The molecule has 0 aliphatic heterocycles. The number of ether oxygens (including phenoxy) is 1. The number of imidazole rings is 1. The number of hydrogen-bond acceptors (Lipinski definition) is 6. The number of para-hydroxylation sites is 1. The lowest BCUT2D eigenvalue weighted by Gasteiger charge is -2.41. The van der Waals surface area contributed by atoms with Crippen molar-refractivity contribution < 1.29 is 36.9 Å². The highest BCUT2D eigenvalue weighted by atomic mass is 19.3. The molecule has 37 heavy (non-hydrogen) atoms. The van der Waals surface area contributed by atoms with Crippen LogP contribution < -0.4 is 4.74 Å². The van der Waals surface area contributed by atoms with Gasteiger partial charge in [-0.25, -0.2) is 28.1 Å². The molecule has 2 aliphatic carbocycles. The smallest absolute Gasteiger partial charge is 0.387 e. The van der Waals surface area contributed by atoms with Crippen molar-refractivity contribution >= 4 is 5.65 Å². The topological polar surface area (TPSA) is 92.8 Å². The fraction of sp³-hybridized carbons (Fsp3) is 0.320. The van der Waals surface area contributed by atoms with Crippen LogP contribution in [0.3, 0.4) is 0 Å². The van der Waals surface area contributed by atoms with Crippen LogP contribution in [0.4, 0.5) is 22.0 Å². The molecular weight excluding hydrogens is 499 g/mol. The normalized spacial score (nSPS) is 21.7. The number of nitrogens with zero attached hydrogens (tertiary/aromatic N) is 4. The SMILES string of the molecule is O[C@@H]1C[C@H](c2ccccc2OC(F)F)c2c1nc1cc(F)c(-c3cnc(C4(O)CC(F)(F)C4)nc3)cn21. The number of benzene rings is 1. The van der Waals surface area contributed by atoms with Crippen LogP contribution in [-0.4, -0.2) is 42.1 Å². The summed E-state index contributed by atoms with van der Waals surface area (Å²) in [5, 5.41) is 21.0. The minimum absolute atomic E-state index is 0.0386. The van der Waals surface area contributed by atoms with Gasteiger partial charge >= 0.3 is 6.61 Å². The Labute approximate surface area is 206 Å². The van der Waals surface area contributed by atoms with Crippen LogP contribution in [0, 0.1) is 5.82 Å². The molecule has 2 aliphatic rings. The predicted octanol–water partition coefficient (Wildman–Crippen LogP) is 4.72. The quantitative estimate of drug-likeness (QED) is 0.372. The average Bonchev–Trinajstić information content (AvgIpc) is 3.34. The van der Waals surface area contributed by atoms with Gasteiger partial charge in [0.05, 0.1) is 17.5 Å². The lowest BCUT2D eigenvalue weighted by Crippen LogP contribution is -2.50. The molecule has 0 bridgehead atoms. The first kappa shape index (κ1) is 23.7. The summed E-state index contributed by atoms with van der Waals surface area (Å²) in [6, 6.07) is 7.41. The van der Waals surface area contributed by atoms with E-state index in [9.17, 15) is 27.8 Å². The Morgan fingerprint density at radius 3 is 2.49 bits per heavy atom. The maximum Gasteiger partial charge on any atom is 0.387 e. The summed E-state index contributed by atoms with van der Waals surface area (Å²) in [6.07, 6.45) is 1.48. The van der Waals surface area contributed by atoms with E-state index < -0.39 is 48.8 Å². The minimum Gasteiger partial charge on any atom is -0.435 e. The number of halogens is 5. The first-order valence-corrected chi connectivity index (χ1v) is 11.4. The molecule has 12 heteroatoms. The van der Waals surface area contributed by atoms with E-state index in [0.29, 0.717) is 17.0 Å². The third-order valence-electron chi connectivity index (χ3n) is 6.87. The van der Waals surface area contributed by atoms with E-state index in [0.717, 1.165) is 6.07 Å². The second-order valence-electron chi connectivity index (χ2n) is 9.40. The number of pyridine rings is 1. The summed E-state index contributed by atoms with van der Waals surface area (Å²) in [5.41, 5.74) is -0.144. The van der Waals surface area contributed by atoms with Gasteiger partial charge in [0, 0.05) is 60.1 Å². The van der Waals surface area contributed by atoms with Crippen LogP contribution in [0.5, 0.6) is 5.75 Å². The van der Waals surface area contributed by atoms with Crippen molar-refractivity contribution in [2.24, 2.45) is 0 Å². The summed E-state index contributed by atoms with van der Waals surface area (Å²) in [4.78, 5) is 12.4. The van der Waals surface area contributed by atoms with Gasteiger partial charge in [-0.1, -0.05) is 18.2 Å². The summed E-state index contributed by atoms with van der Waals surface area (Å²) >= 11 is 0. The van der Waals surface area contributed by atoms with Crippen LogP contribution in [0.2, 0.25) is 0 Å². The highest BCUT2D eigenvalue weighted by molar-refractivity contribution is 5.65. The summed E-state index contributed by atoms with van der Waals surface area (Å²) < 4.78 is 73.9. The second kappa shape index (κ2) is 8.18. The van der Waals surface area contributed by atoms with Gasteiger partial charge < -0.3 is 19.4 Å². The number of aliphatic hydroxyl groups excluding tert-OH is 1. The number of aliphatic hydroxyl groups is 2. The Kier molecular flexibility index (Phi) is 5.25. The van der Waals surface area contributed by atoms with Crippen LogP contribution in [0.25, 0.3) is 16.8 Å². The molecule has 0 saturated heterocycles. The van der Waals surface area contributed by atoms with Crippen molar-refractivity contribution in [1.29, 1.82) is 0 Å². The van der Waals surface area contributed by atoms with Crippen molar-refractivity contribution in [2.75, 3.05) is 0 Å². The highest BCUT2D eigenvalue weighted by Crippen LogP contribution is 2.51. The van der Waals surface area contributed by atoms with Crippen LogP contribution in [-0.2, 0) is 5.60 Å². The van der Waals surface area contributed by atoms with E-state index in [1.165, 1.54) is 24.7 Å². The summed E-state index contributed by atoms with van der Waals surface area (Å²) in [5.74, 6) is -4.44. The van der Waals surface area contributed by atoms with Gasteiger partial charge in [-0.05, 0) is 12.5 Å². The van der Waals surface area contributed by atoms with E-state index in [1.807, 2.05) is 0 Å². The molecule has 1 saturated carbocycles. The van der Waals surface area contributed by atoms with Crippen LogP contribution in [0.15, 0.2) is 48.9 Å². The third kappa shape index (κ3) is 3.91. The molecule has 3 heterocycles. The molecule has 6 rings (SSSR count). The number of aromatic nitrogens is 4. The van der Waals surface area contributed by atoms with Gasteiger partial charge in [-0.15, -0.1) is 0 Å². The fourth-order valence-electron chi connectivity index (χ4n) is 5.27. The molecule has 3 aromatic heterocycles. The Bertz CT molecular complexity index is 1500. The van der Waals surface area contributed by atoms with Crippen molar-refractivity contribution in [3.63, 3.8) is 0 Å². The first-order chi connectivity index (χ1) is 17.5. The van der Waals surface area contributed by atoms with Crippen molar-refractivity contribution in [3.8, 4) is 16.9 Å². The molecular formula is C25H19F5N4O3. The maximum atomic E-state index is 15.1. The summed E-state index contributed by atoms with van der Waals surface area (Å²) in [6.45, 7) is -3.04. The van der Waals surface area contributed by atoms with Crippen molar-refractivity contribution in [1.82, 2.24) is 19.4 Å². The zero-order valence-corrected chi connectivity index (χ0v) is 19.0. The average molecular weight is 518 g/mol. The molecule has 7 nitrogen and oxygen atoms in total. The monoisotopic (exact) mass is 518 g/mol. The van der Waals surface area contributed by atoms with Gasteiger partial charge in [-0.3, -0.25) is 0 Å². The van der Waals surface area contributed by atoms with Gasteiger partial charge in [-0.2, -0.15) is 8.78 Å². The van der Waals surface area contributed by atoms with Gasteiger partial charge in [0.25, 0.3) is 5.92 Å².